The number of piperidine rings is 1. The largest absolute Gasteiger partial charge is 0.390 e. The molecule has 1 aromatic carbocycles. The summed E-state index contributed by atoms with van der Waals surface area (Å²) in [5.41, 5.74) is 7.80. The zero-order valence-corrected chi connectivity index (χ0v) is 21.4. The van der Waals surface area contributed by atoms with Crippen LogP contribution in [0.4, 0.5) is 5.82 Å². The molecule has 0 amide bonds. The smallest absolute Gasteiger partial charge is 0.238 e. The van der Waals surface area contributed by atoms with Crippen LogP contribution in [0.5, 0.6) is 0 Å². The third-order valence-corrected chi connectivity index (χ3v) is 9.17. The van der Waals surface area contributed by atoms with E-state index in [0.717, 1.165) is 12.8 Å². The monoisotopic (exact) mass is 539 g/mol. The molecule has 4 heterocycles. The lowest BCUT2D eigenvalue weighted by Crippen LogP contribution is -2.51. The summed E-state index contributed by atoms with van der Waals surface area (Å²) >= 11 is 12.7. The van der Waals surface area contributed by atoms with Crippen molar-refractivity contribution in [2.45, 2.75) is 43.4 Å². The maximum atomic E-state index is 12.8. The maximum absolute atomic E-state index is 12.8. The second-order valence-corrected chi connectivity index (χ2v) is 11.7. The number of nitrogens with zero attached hydrogens (tertiary/aromatic N) is 3. The number of nitrogens with two attached hydrogens (primary N) is 2. The zero-order chi connectivity index (χ0) is 25.1. The van der Waals surface area contributed by atoms with Crippen molar-refractivity contribution in [3.8, 4) is 11.1 Å². The molecule has 3 aromatic rings. The van der Waals surface area contributed by atoms with Crippen LogP contribution in [0.3, 0.4) is 0 Å². The van der Waals surface area contributed by atoms with Gasteiger partial charge in [-0.2, -0.15) is 0 Å². The molecule has 5 rings (SSSR count). The number of pyridine rings is 1. The Hall–Kier alpha value is -1.92. The third-order valence-electron chi connectivity index (χ3n) is 7.41. The summed E-state index contributed by atoms with van der Waals surface area (Å²) in [4.78, 5) is 6.43. The zero-order valence-electron chi connectivity index (χ0n) is 19.1. The van der Waals surface area contributed by atoms with Crippen molar-refractivity contribution in [3.05, 3.63) is 46.2 Å². The van der Waals surface area contributed by atoms with Gasteiger partial charge in [0.2, 0.25) is 10.0 Å². The van der Waals surface area contributed by atoms with Gasteiger partial charge in [-0.05, 0) is 25.8 Å². The Morgan fingerprint density at radius 3 is 2.60 bits per heavy atom. The molecule has 9 nitrogen and oxygen atoms in total. The average Bonchev–Trinajstić information content (AvgIpc) is 3.37. The quantitative estimate of drug-likeness (QED) is 0.463. The summed E-state index contributed by atoms with van der Waals surface area (Å²) in [5, 5.41) is 16.2. The van der Waals surface area contributed by atoms with E-state index in [1.807, 2.05) is 6.92 Å². The number of primary sulfonamides is 1. The number of halogens is 2. The highest BCUT2D eigenvalue weighted by Gasteiger charge is 2.47. The molecule has 5 N–H and O–H groups in total. The van der Waals surface area contributed by atoms with Gasteiger partial charge in [0.1, 0.15) is 11.5 Å². The van der Waals surface area contributed by atoms with E-state index in [-0.39, 0.29) is 44.7 Å². The van der Waals surface area contributed by atoms with Crippen molar-refractivity contribution in [1.82, 2.24) is 9.38 Å². The maximum Gasteiger partial charge on any atom is 0.238 e. The number of rotatable bonds is 4. The SMILES string of the molecule is CC1OCC2(CCN(c3cc(S(N)(=O)=O)c(-c4cccc(Cl)c4Cl)c4ncc(CO)n34)CC2)C1N. The third kappa shape index (κ3) is 4.01. The molecule has 2 atom stereocenters. The minimum absolute atomic E-state index is 0.00129. The van der Waals surface area contributed by atoms with Gasteiger partial charge < -0.3 is 20.5 Å². The highest BCUT2D eigenvalue weighted by molar-refractivity contribution is 7.89. The van der Waals surface area contributed by atoms with Crippen molar-refractivity contribution < 1.29 is 18.3 Å². The molecular formula is C23H27Cl2N5O4S. The molecule has 2 saturated heterocycles. The van der Waals surface area contributed by atoms with Crippen molar-refractivity contribution in [2.75, 3.05) is 24.6 Å². The Balaban J connectivity index is 1.69. The number of aliphatic hydroxyl groups excluding tert-OH is 1. The molecule has 0 radical (unpaired) electrons. The standard InChI is InChI=1S/C23H27Cl2N5O4S/c1-13-21(26)23(12-34-13)5-7-29(8-6-23)18-9-17(35(27,32)33)19(15-3-2-4-16(24)20(15)25)22-28-10-14(11-31)30(18)22/h2-4,9-10,13,21,31H,5-8,11-12,26H2,1H3,(H2,27,32,33). The first-order valence-corrected chi connectivity index (χ1v) is 13.6. The van der Waals surface area contributed by atoms with Crippen LogP contribution in [0.2, 0.25) is 10.0 Å². The number of ether oxygens (including phenoxy) is 1. The summed E-state index contributed by atoms with van der Waals surface area (Å²) in [6.07, 6.45) is 3.09. The molecule has 0 saturated carbocycles. The van der Waals surface area contributed by atoms with E-state index in [4.69, 9.17) is 38.8 Å². The molecule has 2 aliphatic rings. The van der Waals surface area contributed by atoms with Crippen molar-refractivity contribution in [1.29, 1.82) is 0 Å². The van der Waals surface area contributed by atoms with Crippen LogP contribution < -0.4 is 15.8 Å². The van der Waals surface area contributed by atoms with Gasteiger partial charge in [-0.1, -0.05) is 35.3 Å². The van der Waals surface area contributed by atoms with Gasteiger partial charge in [0, 0.05) is 41.7 Å². The number of aliphatic hydroxyl groups is 1. The van der Waals surface area contributed by atoms with Crippen LogP contribution >= 0.6 is 23.2 Å². The fraction of sp³-hybridized carbons (Fsp3) is 0.435. The van der Waals surface area contributed by atoms with Gasteiger partial charge in [0.15, 0.2) is 0 Å². The Kier molecular flexibility index (Phi) is 6.28. The molecule has 2 aromatic heterocycles. The summed E-state index contributed by atoms with van der Waals surface area (Å²) < 4.78 is 33.2. The number of benzene rings is 1. The van der Waals surface area contributed by atoms with Crippen LogP contribution in [0.1, 0.15) is 25.5 Å². The summed E-state index contributed by atoms with van der Waals surface area (Å²) in [6, 6.07) is 6.43. The molecule has 2 unspecified atom stereocenters. The van der Waals surface area contributed by atoms with E-state index >= 15 is 0 Å². The van der Waals surface area contributed by atoms with Gasteiger partial charge in [0.25, 0.3) is 0 Å². The van der Waals surface area contributed by atoms with E-state index in [2.05, 4.69) is 9.88 Å². The summed E-state index contributed by atoms with van der Waals surface area (Å²) in [5.74, 6) is 0.572. The first-order valence-electron chi connectivity index (χ1n) is 11.3. The molecule has 0 aliphatic carbocycles. The Labute approximate surface area is 213 Å². The Morgan fingerprint density at radius 2 is 2.00 bits per heavy atom. The number of fused-ring (bicyclic) bond motifs is 1. The molecule has 2 fully saturated rings. The van der Waals surface area contributed by atoms with Gasteiger partial charge in [-0.15, -0.1) is 0 Å². The summed E-state index contributed by atoms with van der Waals surface area (Å²) in [7, 11) is -4.18. The van der Waals surface area contributed by atoms with Crippen LogP contribution in [-0.4, -0.2) is 54.8 Å². The van der Waals surface area contributed by atoms with Crippen molar-refractivity contribution in [2.24, 2.45) is 16.3 Å². The highest BCUT2D eigenvalue weighted by atomic mass is 35.5. The number of anilines is 1. The van der Waals surface area contributed by atoms with Crippen LogP contribution in [0.15, 0.2) is 35.4 Å². The van der Waals surface area contributed by atoms with Crippen molar-refractivity contribution in [3.63, 3.8) is 0 Å². The number of hydrogen-bond acceptors (Lipinski definition) is 7. The number of imidazole rings is 1. The highest BCUT2D eigenvalue weighted by Crippen LogP contribution is 2.44. The van der Waals surface area contributed by atoms with Crippen LogP contribution in [0.25, 0.3) is 16.8 Å². The van der Waals surface area contributed by atoms with E-state index in [0.29, 0.717) is 42.4 Å². The molecule has 12 heteroatoms. The predicted octanol–water partition coefficient (Wildman–Crippen LogP) is 2.78. The van der Waals surface area contributed by atoms with Crippen LogP contribution in [0, 0.1) is 5.41 Å². The lowest BCUT2D eigenvalue weighted by Gasteiger charge is -2.42. The first kappa shape index (κ1) is 24.8. The van der Waals surface area contributed by atoms with Gasteiger partial charge in [0.05, 0.1) is 46.1 Å². The lowest BCUT2D eigenvalue weighted by molar-refractivity contribution is 0.0974. The summed E-state index contributed by atoms with van der Waals surface area (Å²) in [6.45, 7) is 3.57. The molecular weight excluding hydrogens is 513 g/mol. The van der Waals surface area contributed by atoms with Crippen LogP contribution in [-0.2, 0) is 21.4 Å². The Morgan fingerprint density at radius 1 is 1.29 bits per heavy atom. The average molecular weight is 540 g/mol. The minimum atomic E-state index is -4.18. The molecule has 0 bridgehead atoms. The molecule has 2 aliphatic heterocycles. The van der Waals surface area contributed by atoms with E-state index < -0.39 is 10.0 Å². The van der Waals surface area contributed by atoms with Crippen molar-refractivity contribution >= 4 is 44.7 Å². The topological polar surface area (TPSA) is 136 Å². The lowest BCUT2D eigenvalue weighted by atomic mass is 9.73. The normalized spacial score (nSPS) is 22.4. The number of sulfonamides is 1. The number of aromatic nitrogens is 2. The predicted molar refractivity (Wildman–Crippen MR) is 135 cm³/mol. The fourth-order valence-corrected chi connectivity index (χ4v) is 6.51. The van der Waals surface area contributed by atoms with Gasteiger partial charge in [-0.25, -0.2) is 18.5 Å². The van der Waals surface area contributed by atoms with Gasteiger partial charge in [-0.3, -0.25) is 4.40 Å². The van der Waals surface area contributed by atoms with Gasteiger partial charge >= 0.3 is 0 Å². The second-order valence-electron chi connectivity index (χ2n) is 9.35. The van der Waals surface area contributed by atoms with E-state index in [1.165, 1.54) is 12.3 Å². The van der Waals surface area contributed by atoms with E-state index in [1.54, 1.807) is 22.6 Å². The second kappa shape index (κ2) is 8.88. The fourth-order valence-electron chi connectivity index (χ4n) is 5.36. The molecule has 1 spiro atoms. The Bertz CT molecular complexity index is 1400. The molecule has 188 valence electrons. The van der Waals surface area contributed by atoms with E-state index in [9.17, 15) is 13.5 Å². The first-order chi connectivity index (χ1) is 16.6. The minimum Gasteiger partial charge on any atom is -0.390 e. The molecule has 35 heavy (non-hydrogen) atoms. The number of hydrogen-bond donors (Lipinski definition) is 3.